The van der Waals surface area contributed by atoms with Crippen molar-refractivity contribution in [3.05, 3.63) is 23.3 Å². The molecule has 0 fully saturated rings. The third-order valence-corrected chi connectivity index (χ3v) is 3.93. The minimum atomic E-state index is 0.126. The fraction of sp³-hybridized carbons (Fsp3) is 0.765. The van der Waals surface area contributed by atoms with Crippen LogP contribution in [0.15, 0.2) is 23.3 Å². The number of hydrogen-bond donors (Lipinski definition) is 2. The van der Waals surface area contributed by atoms with E-state index in [1.807, 2.05) is 0 Å². The zero-order valence-electron chi connectivity index (χ0n) is 14.1. The average molecular weight is 264 g/mol. The first kappa shape index (κ1) is 16.5. The van der Waals surface area contributed by atoms with E-state index in [1.54, 1.807) is 0 Å². The smallest absolute Gasteiger partial charge is 0.0371 e. The van der Waals surface area contributed by atoms with Gasteiger partial charge in [0, 0.05) is 29.6 Å². The van der Waals surface area contributed by atoms with Crippen molar-refractivity contribution >= 4 is 0 Å². The van der Waals surface area contributed by atoms with Gasteiger partial charge >= 0.3 is 0 Å². The monoisotopic (exact) mass is 264 g/mol. The number of hydrogen-bond acceptors (Lipinski definition) is 2. The summed E-state index contributed by atoms with van der Waals surface area (Å²) in [6, 6.07) is 0. The van der Waals surface area contributed by atoms with Gasteiger partial charge in [-0.1, -0.05) is 23.3 Å². The molecule has 2 nitrogen and oxygen atoms in total. The summed E-state index contributed by atoms with van der Waals surface area (Å²) in [6.07, 6.45) is 4.54. The molecule has 0 unspecified atom stereocenters. The van der Waals surface area contributed by atoms with Gasteiger partial charge in [-0.2, -0.15) is 0 Å². The Hall–Kier alpha value is -0.600. The Kier molecular flexibility index (Phi) is 4.69. The molecule has 2 heteroatoms. The van der Waals surface area contributed by atoms with Crippen LogP contribution in [0.1, 0.15) is 55.4 Å². The maximum atomic E-state index is 3.68. The topological polar surface area (TPSA) is 24.1 Å². The van der Waals surface area contributed by atoms with E-state index in [9.17, 15) is 0 Å². The molecule has 110 valence electrons. The molecule has 0 atom stereocenters. The molecule has 0 heterocycles. The minimum absolute atomic E-state index is 0.126. The highest BCUT2D eigenvalue weighted by Gasteiger charge is 2.37. The third kappa shape index (κ3) is 4.47. The molecular formula is C17H32N2. The second-order valence-corrected chi connectivity index (χ2v) is 7.99. The predicted octanol–water partition coefficient (Wildman–Crippen LogP) is 3.66. The van der Waals surface area contributed by atoms with Crippen LogP contribution >= 0.6 is 0 Å². The summed E-state index contributed by atoms with van der Waals surface area (Å²) in [5.74, 6) is 0. The van der Waals surface area contributed by atoms with Gasteiger partial charge in [-0.3, -0.25) is 0 Å². The molecule has 0 radical (unpaired) electrons. The zero-order valence-corrected chi connectivity index (χ0v) is 14.1. The van der Waals surface area contributed by atoms with Gasteiger partial charge in [0.2, 0.25) is 0 Å². The number of allylic oxidation sites excluding steroid dienone is 2. The molecule has 1 aliphatic carbocycles. The van der Waals surface area contributed by atoms with Gasteiger partial charge in [-0.25, -0.2) is 0 Å². The van der Waals surface area contributed by atoms with E-state index in [4.69, 9.17) is 0 Å². The van der Waals surface area contributed by atoms with Crippen LogP contribution < -0.4 is 10.6 Å². The first-order valence-corrected chi connectivity index (χ1v) is 7.32. The van der Waals surface area contributed by atoms with Crippen LogP contribution in [0.4, 0.5) is 0 Å². The van der Waals surface area contributed by atoms with Crippen molar-refractivity contribution in [2.24, 2.45) is 5.41 Å². The molecule has 0 aliphatic heterocycles. The van der Waals surface area contributed by atoms with Crippen LogP contribution in [0.2, 0.25) is 0 Å². The van der Waals surface area contributed by atoms with E-state index in [2.05, 4.69) is 78.2 Å². The highest BCUT2D eigenvalue weighted by Crippen LogP contribution is 2.39. The molecule has 0 aromatic heterocycles. The second-order valence-electron chi connectivity index (χ2n) is 7.99. The second kappa shape index (κ2) is 5.41. The Morgan fingerprint density at radius 2 is 1.11 bits per heavy atom. The molecule has 2 N–H and O–H groups in total. The molecule has 0 spiro atoms. The van der Waals surface area contributed by atoms with Crippen molar-refractivity contribution in [3.8, 4) is 0 Å². The van der Waals surface area contributed by atoms with E-state index in [-0.39, 0.29) is 16.5 Å². The lowest BCUT2D eigenvalue weighted by Crippen LogP contribution is -2.51. The largest absolute Gasteiger partial charge is 0.311 e. The zero-order chi connectivity index (χ0) is 14.9. The lowest BCUT2D eigenvalue weighted by atomic mass is 9.76. The fourth-order valence-electron chi connectivity index (χ4n) is 2.33. The SMILES string of the molecule is CC1=CC=C(C)C1(CNC(C)(C)C)CNC(C)(C)C. The normalized spacial score (nSPS) is 19.4. The third-order valence-electron chi connectivity index (χ3n) is 3.93. The summed E-state index contributed by atoms with van der Waals surface area (Å²) in [5, 5.41) is 7.36. The van der Waals surface area contributed by atoms with Crippen LogP contribution in [-0.4, -0.2) is 24.2 Å². The Labute approximate surface area is 119 Å². The number of rotatable bonds is 4. The fourth-order valence-corrected chi connectivity index (χ4v) is 2.33. The van der Waals surface area contributed by atoms with Crippen LogP contribution in [-0.2, 0) is 0 Å². The molecular weight excluding hydrogens is 232 g/mol. The molecule has 0 aromatic carbocycles. The summed E-state index contributed by atoms with van der Waals surface area (Å²) in [5.41, 5.74) is 3.34. The molecule has 0 saturated carbocycles. The predicted molar refractivity (Wildman–Crippen MR) is 85.5 cm³/mol. The van der Waals surface area contributed by atoms with Crippen molar-refractivity contribution in [2.75, 3.05) is 13.1 Å². The summed E-state index contributed by atoms with van der Waals surface area (Å²) < 4.78 is 0. The van der Waals surface area contributed by atoms with E-state index < -0.39 is 0 Å². The minimum Gasteiger partial charge on any atom is -0.311 e. The van der Waals surface area contributed by atoms with E-state index in [0.717, 1.165) is 13.1 Å². The van der Waals surface area contributed by atoms with E-state index in [1.165, 1.54) is 11.1 Å². The maximum Gasteiger partial charge on any atom is 0.0371 e. The molecule has 0 saturated heterocycles. The Bertz CT molecular complexity index is 337. The Morgan fingerprint density at radius 3 is 1.37 bits per heavy atom. The van der Waals surface area contributed by atoms with Gasteiger partial charge in [0.05, 0.1) is 0 Å². The quantitative estimate of drug-likeness (QED) is 0.810. The van der Waals surface area contributed by atoms with Crippen molar-refractivity contribution in [2.45, 2.75) is 66.5 Å². The summed E-state index contributed by atoms with van der Waals surface area (Å²) in [6.45, 7) is 19.8. The first-order valence-electron chi connectivity index (χ1n) is 7.32. The van der Waals surface area contributed by atoms with Gasteiger partial charge < -0.3 is 10.6 Å². The van der Waals surface area contributed by atoms with Gasteiger partial charge in [-0.15, -0.1) is 0 Å². The van der Waals surface area contributed by atoms with Crippen molar-refractivity contribution in [1.29, 1.82) is 0 Å². The van der Waals surface area contributed by atoms with Crippen molar-refractivity contribution in [1.82, 2.24) is 10.6 Å². The van der Waals surface area contributed by atoms with Crippen LogP contribution in [0.5, 0.6) is 0 Å². The highest BCUT2D eigenvalue weighted by molar-refractivity contribution is 5.40. The lowest BCUT2D eigenvalue weighted by molar-refractivity contribution is 0.288. The van der Waals surface area contributed by atoms with Crippen molar-refractivity contribution < 1.29 is 0 Å². The summed E-state index contributed by atoms with van der Waals surface area (Å²) in [7, 11) is 0. The number of nitrogens with one attached hydrogen (secondary N) is 2. The summed E-state index contributed by atoms with van der Waals surface area (Å²) in [4.78, 5) is 0. The Morgan fingerprint density at radius 1 is 0.789 bits per heavy atom. The van der Waals surface area contributed by atoms with Gasteiger partial charge in [0.1, 0.15) is 0 Å². The standard InChI is InChI=1S/C17H32N2/c1-13-9-10-14(2)17(13,11-18-15(3,4)5)12-19-16(6,7)8/h9-10,18-19H,11-12H2,1-8H3. The molecule has 1 rings (SSSR count). The molecule has 1 aliphatic rings. The Balaban J connectivity index is 2.87. The van der Waals surface area contributed by atoms with Crippen LogP contribution in [0.3, 0.4) is 0 Å². The van der Waals surface area contributed by atoms with Gasteiger partial charge in [-0.05, 0) is 55.4 Å². The summed E-state index contributed by atoms with van der Waals surface area (Å²) >= 11 is 0. The first-order chi connectivity index (χ1) is 8.46. The molecule has 0 bridgehead atoms. The molecule has 19 heavy (non-hydrogen) atoms. The highest BCUT2D eigenvalue weighted by atomic mass is 15.0. The average Bonchev–Trinajstić information content (AvgIpc) is 2.49. The van der Waals surface area contributed by atoms with Crippen LogP contribution in [0, 0.1) is 5.41 Å². The van der Waals surface area contributed by atoms with Crippen LogP contribution in [0.25, 0.3) is 0 Å². The van der Waals surface area contributed by atoms with Gasteiger partial charge in [0.25, 0.3) is 0 Å². The molecule has 0 aromatic rings. The van der Waals surface area contributed by atoms with E-state index >= 15 is 0 Å². The maximum absolute atomic E-state index is 3.68. The van der Waals surface area contributed by atoms with Crippen molar-refractivity contribution in [3.63, 3.8) is 0 Å². The lowest BCUT2D eigenvalue weighted by Gasteiger charge is -2.39. The van der Waals surface area contributed by atoms with E-state index in [0.29, 0.717) is 0 Å². The molecule has 0 amide bonds. The van der Waals surface area contributed by atoms with Gasteiger partial charge in [0.15, 0.2) is 0 Å².